The van der Waals surface area contributed by atoms with Crippen LogP contribution in [0.3, 0.4) is 0 Å². The van der Waals surface area contributed by atoms with Crippen LogP contribution in [0.2, 0.25) is 0 Å². The van der Waals surface area contributed by atoms with Gasteiger partial charge in [-0.1, -0.05) is 6.07 Å². The molecule has 11 nitrogen and oxygen atoms in total. The van der Waals surface area contributed by atoms with Crippen molar-refractivity contribution in [1.82, 2.24) is 25.2 Å². The molecule has 0 spiro atoms. The van der Waals surface area contributed by atoms with Gasteiger partial charge in [0.05, 0.1) is 36.0 Å². The SMILES string of the molecule is CNC(=O)c1c(F)cccc1Nc1nc(Nc2cc(NC(=O)CN(C)C)ccc2OC)nc2[nH]ccc12. The first kappa shape index (κ1) is 25.4. The number of nitrogens with zero attached hydrogens (tertiary/aromatic N) is 3. The lowest BCUT2D eigenvalue weighted by Gasteiger charge is -2.15. The number of aromatic amines is 1. The smallest absolute Gasteiger partial charge is 0.256 e. The molecule has 2 aromatic carbocycles. The normalized spacial score (nSPS) is 10.9. The molecule has 0 radical (unpaired) electrons. The molecule has 192 valence electrons. The van der Waals surface area contributed by atoms with Gasteiger partial charge in [-0.2, -0.15) is 9.97 Å². The van der Waals surface area contributed by atoms with Gasteiger partial charge in [0.15, 0.2) is 0 Å². The van der Waals surface area contributed by atoms with E-state index in [1.807, 2.05) is 14.1 Å². The van der Waals surface area contributed by atoms with Crippen molar-refractivity contribution in [2.45, 2.75) is 0 Å². The van der Waals surface area contributed by atoms with Gasteiger partial charge in [0.25, 0.3) is 5.91 Å². The van der Waals surface area contributed by atoms with Gasteiger partial charge >= 0.3 is 0 Å². The molecular formula is C25H27FN8O3. The molecule has 37 heavy (non-hydrogen) atoms. The van der Waals surface area contributed by atoms with Crippen molar-refractivity contribution in [2.24, 2.45) is 0 Å². The Morgan fingerprint density at radius 3 is 2.62 bits per heavy atom. The number of aromatic nitrogens is 3. The number of nitrogens with one attached hydrogen (secondary N) is 5. The topological polar surface area (TPSA) is 136 Å². The van der Waals surface area contributed by atoms with Crippen molar-refractivity contribution in [3.05, 3.63) is 60.0 Å². The molecule has 0 saturated heterocycles. The molecule has 0 aliphatic heterocycles. The highest BCUT2D eigenvalue weighted by atomic mass is 19.1. The van der Waals surface area contributed by atoms with Gasteiger partial charge in [0.2, 0.25) is 11.9 Å². The second-order valence-electron chi connectivity index (χ2n) is 8.33. The van der Waals surface area contributed by atoms with E-state index in [9.17, 15) is 14.0 Å². The predicted molar refractivity (Wildman–Crippen MR) is 140 cm³/mol. The number of anilines is 5. The van der Waals surface area contributed by atoms with Crippen LogP contribution in [0.15, 0.2) is 48.7 Å². The number of hydrogen-bond acceptors (Lipinski definition) is 8. The van der Waals surface area contributed by atoms with Crippen molar-refractivity contribution in [3.63, 3.8) is 0 Å². The number of carbonyl (C=O) groups excluding carboxylic acids is 2. The first-order valence-corrected chi connectivity index (χ1v) is 11.3. The fraction of sp³-hybridized carbons (Fsp3) is 0.200. The zero-order valence-corrected chi connectivity index (χ0v) is 20.8. The number of ether oxygens (including phenoxy) is 1. The first-order valence-electron chi connectivity index (χ1n) is 11.3. The first-order chi connectivity index (χ1) is 17.8. The Labute approximate surface area is 212 Å². The lowest BCUT2D eigenvalue weighted by Crippen LogP contribution is -2.27. The van der Waals surface area contributed by atoms with E-state index in [4.69, 9.17) is 4.74 Å². The highest BCUT2D eigenvalue weighted by molar-refractivity contribution is 6.01. The van der Waals surface area contributed by atoms with E-state index in [-0.39, 0.29) is 29.7 Å². The Balaban J connectivity index is 1.69. The van der Waals surface area contributed by atoms with E-state index in [0.717, 1.165) is 0 Å². The molecular weight excluding hydrogens is 479 g/mol. The minimum atomic E-state index is -0.667. The van der Waals surface area contributed by atoms with Crippen LogP contribution in [0.25, 0.3) is 11.0 Å². The summed E-state index contributed by atoms with van der Waals surface area (Å²) in [5, 5.41) is 12.1. The molecule has 2 aromatic heterocycles. The fourth-order valence-electron chi connectivity index (χ4n) is 3.70. The van der Waals surface area contributed by atoms with Gasteiger partial charge in [-0.15, -0.1) is 0 Å². The van der Waals surface area contributed by atoms with Crippen LogP contribution >= 0.6 is 0 Å². The second-order valence-corrected chi connectivity index (χ2v) is 8.33. The van der Waals surface area contributed by atoms with Gasteiger partial charge in [-0.3, -0.25) is 9.59 Å². The molecule has 2 heterocycles. The summed E-state index contributed by atoms with van der Waals surface area (Å²) in [5.74, 6) is -0.360. The van der Waals surface area contributed by atoms with Gasteiger partial charge in [-0.25, -0.2) is 4.39 Å². The molecule has 0 saturated carbocycles. The summed E-state index contributed by atoms with van der Waals surface area (Å²) in [5.41, 5.74) is 1.69. The maximum Gasteiger partial charge on any atom is 0.256 e. The molecule has 0 fully saturated rings. The zero-order chi connectivity index (χ0) is 26.5. The molecule has 0 unspecified atom stereocenters. The molecule has 4 aromatic rings. The van der Waals surface area contributed by atoms with E-state index < -0.39 is 11.7 Å². The highest BCUT2D eigenvalue weighted by Gasteiger charge is 2.18. The van der Waals surface area contributed by atoms with Crippen molar-refractivity contribution in [2.75, 3.05) is 50.7 Å². The van der Waals surface area contributed by atoms with Crippen LogP contribution in [-0.4, -0.2) is 66.5 Å². The van der Waals surface area contributed by atoms with Gasteiger partial charge in [0, 0.05) is 18.9 Å². The van der Waals surface area contributed by atoms with E-state index in [1.54, 1.807) is 41.4 Å². The summed E-state index contributed by atoms with van der Waals surface area (Å²) < 4.78 is 20.0. The fourth-order valence-corrected chi connectivity index (χ4v) is 3.70. The number of hydrogen-bond donors (Lipinski definition) is 5. The zero-order valence-electron chi connectivity index (χ0n) is 20.8. The number of halogens is 1. The maximum absolute atomic E-state index is 14.5. The average molecular weight is 507 g/mol. The number of fused-ring (bicyclic) bond motifs is 1. The van der Waals surface area contributed by atoms with Crippen LogP contribution in [0.1, 0.15) is 10.4 Å². The van der Waals surface area contributed by atoms with Crippen molar-refractivity contribution >= 4 is 51.7 Å². The monoisotopic (exact) mass is 506 g/mol. The predicted octanol–water partition coefficient (Wildman–Crippen LogP) is 3.45. The highest BCUT2D eigenvalue weighted by Crippen LogP contribution is 2.32. The number of methoxy groups -OCH3 is 1. The average Bonchev–Trinajstić information content (AvgIpc) is 3.32. The van der Waals surface area contributed by atoms with E-state index in [2.05, 4.69) is 36.2 Å². The van der Waals surface area contributed by atoms with Gasteiger partial charge in [-0.05, 0) is 50.5 Å². The summed E-state index contributed by atoms with van der Waals surface area (Å²) in [6.45, 7) is 0.231. The quantitative estimate of drug-likeness (QED) is 0.233. The van der Waals surface area contributed by atoms with Crippen molar-refractivity contribution < 1.29 is 18.7 Å². The third kappa shape index (κ3) is 5.76. The van der Waals surface area contributed by atoms with Crippen LogP contribution in [0.4, 0.5) is 33.2 Å². The number of benzene rings is 2. The van der Waals surface area contributed by atoms with E-state index in [0.29, 0.717) is 34.0 Å². The number of carbonyl (C=O) groups is 2. The van der Waals surface area contributed by atoms with E-state index >= 15 is 0 Å². The maximum atomic E-state index is 14.5. The van der Waals surface area contributed by atoms with Crippen LogP contribution in [0.5, 0.6) is 5.75 Å². The minimum Gasteiger partial charge on any atom is -0.495 e. The third-order valence-corrected chi connectivity index (χ3v) is 5.33. The molecule has 0 aliphatic carbocycles. The number of amides is 2. The molecule has 0 bridgehead atoms. The minimum absolute atomic E-state index is 0.135. The lowest BCUT2D eigenvalue weighted by atomic mass is 10.1. The molecule has 0 aliphatic rings. The largest absolute Gasteiger partial charge is 0.495 e. The van der Waals surface area contributed by atoms with Gasteiger partial charge < -0.3 is 35.9 Å². The number of likely N-dealkylation sites (N-methyl/N-ethyl adjacent to an activating group) is 1. The Bertz CT molecular complexity index is 1450. The van der Waals surface area contributed by atoms with Crippen molar-refractivity contribution in [1.29, 1.82) is 0 Å². The van der Waals surface area contributed by atoms with E-state index in [1.165, 1.54) is 26.3 Å². The number of rotatable bonds is 9. The molecule has 12 heteroatoms. The van der Waals surface area contributed by atoms with Crippen LogP contribution in [0, 0.1) is 5.82 Å². The van der Waals surface area contributed by atoms with Crippen molar-refractivity contribution in [3.8, 4) is 5.75 Å². The molecule has 4 rings (SSSR count). The van der Waals surface area contributed by atoms with Crippen LogP contribution in [-0.2, 0) is 4.79 Å². The third-order valence-electron chi connectivity index (χ3n) is 5.33. The molecule has 5 N–H and O–H groups in total. The van der Waals surface area contributed by atoms with Gasteiger partial charge in [0.1, 0.15) is 23.0 Å². The Kier molecular flexibility index (Phi) is 7.49. The Hall–Kier alpha value is -4.71. The molecule has 0 atom stereocenters. The summed E-state index contributed by atoms with van der Waals surface area (Å²) in [4.78, 5) is 38.4. The standard InChI is InChI=1S/C25H27FN8O3/c1-27-24(36)21-16(26)6-5-7-17(21)30-23-15-10-11-28-22(15)32-25(33-23)31-18-12-14(8-9-19(18)37-4)29-20(35)13-34(2)3/h5-12H,13H2,1-4H3,(H,27,36)(H,29,35)(H3,28,30,31,32,33). The summed E-state index contributed by atoms with van der Waals surface area (Å²) >= 11 is 0. The summed E-state index contributed by atoms with van der Waals surface area (Å²) in [7, 11) is 6.57. The van der Waals surface area contributed by atoms with Crippen LogP contribution < -0.4 is 26.0 Å². The summed E-state index contributed by atoms with van der Waals surface area (Å²) in [6, 6.07) is 11.2. The number of H-pyrrole nitrogens is 1. The lowest BCUT2D eigenvalue weighted by molar-refractivity contribution is -0.116. The Morgan fingerprint density at radius 1 is 1.08 bits per heavy atom. The summed E-state index contributed by atoms with van der Waals surface area (Å²) in [6.07, 6.45) is 1.70. The second kappa shape index (κ2) is 10.9. The molecule has 2 amide bonds. The Morgan fingerprint density at radius 2 is 1.89 bits per heavy atom.